The topological polar surface area (TPSA) is 20.3 Å². The summed E-state index contributed by atoms with van der Waals surface area (Å²) < 4.78 is 13.1. The Hall–Kier alpha value is -1.39. The lowest BCUT2D eigenvalue weighted by molar-refractivity contribution is 0.0714. The Labute approximate surface area is 132 Å². The molecular formula is C16H15ClFNOS. The number of likely N-dealkylation sites (tertiary alicyclic amines) is 1. The number of piperidine rings is 1. The Balaban J connectivity index is 1.67. The van der Waals surface area contributed by atoms with E-state index in [9.17, 15) is 9.18 Å². The van der Waals surface area contributed by atoms with E-state index in [0.717, 1.165) is 25.9 Å². The number of hydrogen-bond acceptors (Lipinski definition) is 2. The second-order valence-electron chi connectivity index (χ2n) is 5.21. The molecule has 1 amide bonds. The van der Waals surface area contributed by atoms with Crippen LogP contribution in [0.4, 0.5) is 4.39 Å². The summed E-state index contributed by atoms with van der Waals surface area (Å²) in [4.78, 5) is 15.6. The highest BCUT2D eigenvalue weighted by molar-refractivity contribution is 7.10. The van der Waals surface area contributed by atoms with Gasteiger partial charge >= 0.3 is 0 Å². The molecule has 1 aliphatic rings. The SMILES string of the molecule is O=C(c1ccc(F)cc1Cl)N1CCC(c2cccs2)CC1. The third-order valence-corrected chi connectivity index (χ3v) is 5.24. The molecule has 110 valence electrons. The standard InChI is InChI=1S/C16H15ClFNOS/c17-14-10-12(18)3-4-13(14)16(20)19-7-5-11(6-8-19)15-2-1-9-21-15/h1-4,9-11H,5-8H2. The van der Waals surface area contributed by atoms with Gasteiger partial charge in [0.15, 0.2) is 0 Å². The highest BCUT2D eigenvalue weighted by Gasteiger charge is 2.26. The summed E-state index contributed by atoms with van der Waals surface area (Å²) in [6.07, 6.45) is 1.93. The zero-order valence-electron chi connectivity index (χ0n) is 11.4. The van der Waals surface area contributed by atoms with Gasteiger partial charge in [0.2, 0.25) is 0 Å². The van der Waals surface area contributed by atoms with Gasteiger partial charge in [0, 0.05) is 18.0 Å². The monoisotopic (exact) mass is 323 g/mol. The number of halogens is 2. The molecule has 2 aromatic rings. The van der Waals surface area contributed by atoms with Crippen molar-refractivity contribution in [3.63, 3.8) is 0 Å². The molecule has 0 aliphatic carbocycles. The number of thiophene rings is 1. The van der Waals surface area contributed by atoms with Crippen LogP contribution in [0.25, 0.3) is 0 Å². The van der Waals surface area contributed by atoms with Crippen LogP contribution in [0.1, 0.15) is 34.0 Å². The van der Waals surface area contributed by atoms with E-state index in [4.69, 9.17) is 11.6 Å². The van der Waals surface area contributed by atoms with Gasteiger partial charge in [-0.1, -0.05) is 17.7 Å². The summed E-state index contributed by atoms with van der Waals surface area (Å²) >= 11 is 7.74. The van der Waals surface area contributed by atoms with Crippen LogP contribution in [-0.2, 0) is 0 Å². The Bertz CT molecular complexity index is 636. The molecule has 3 rings (SSSR count). The first kappa shape index (κ1) is 14.5. The molecular weight excluding hydrogens is 309 g/mol. The Kier molecular flexibility index (Phi) is 4.27. The molecule has 0 N–H and O–H groups in total. The Morgan fingerprint density at radius 3 is 2.67 bits per heavy atom. The Morgan fingerprint density at radius 1 is 1.29 bits per heavy atom. The molecule has 0 spiro atoms. The van der Waals surface area contributed by atoms with E-state index in [1.807, 2.05) is 4.90 Å². The molecule has 2 nitrogen and oxygen atoms in total. The van der Waals surface area contributed by atoms with Crippen molar-refractivity contribution in [2.45, 2.75) is 18.8 Å². The van der Waals surface area contributed by atoms with Crippen LogP contribution in [0, 0.1) is 5.82 Å². The summed E-state index contributed by atoms with van der Waals surface area (Å²) in [5, 5.41) is 2.27. The number of amides is 1. The van der Waals surface area contributed by atoms with Gasteiger partial charge in [-0.05, 0) is 48.4 Å². The van der Waals surface area contributed by atoms with Crippen molar-refractivity contribution in [2.24, 2.45) is 0 Å². The first-order valence-corrected chi connectivity index (χ1v) is 8.18. The van der Waals surface area contributed by atoms with Crippen LogP contribution in [0.3, 0.4) is 0 Å². The number of rotatable bonds is 2. The highest BCUT2D eigenvalue weighted by atomic mass is 35.5. The van der Waals surface area contributed by atoms with Crippen molar-refractivity contribution in [1.29, 1.82) is 0 Å². The molecule has 0 saturated carbocycles. The quantitative estimate of drug-likeness (QED) is 0.793. The lowest BCUT2D eigenvalue weighted by Gasteiger charge is -2.31. The van der Waals surface area contributed by atoms with Gasteiger partial charge in [-0.3, -0.25) is 4.79 Å². The summed E-state index contributed by atoms with van der Waals surface area (Å²) in [5.74, 6) is 0.00956. The molecule has 1 aromatic heterocycles. The molecule has 1 aliphatic heterocycles. The summed E-state index contributed by atoms with van der Waals surface area (Å²) in [7, 11) is 0. The lowest BCUT2D eigenvalue weighted by Crippen LogP contribution is -2.37. The third-order valence-electron chi connectivity index (χ3n) is 3.89. The van der Waals surface area contributed by atoms with E-state index in [1.54, 1.807) is 11.3 Å². The fourth-order valence-electron chi connectivity index (χ4n) is 2.72. The zero-order valence-corrected chi connectivity index (χ0v) is 13.0. The second kappa shape index (κ2) is 6.16. The third kappa shape index (κ3) is 3.11. The van der Waals surface area contributed by atoms with Crippen LogP contribution < -0.4 is 0 Å². The van der Waals surface area contributed by atoms with Gasteiger partial charge < -0.3 is 4.90 Å². The van der Waals surface area contributed by atoms with Crippen LogP contribution in [0.5, 0.6) is 0 Å². The average Bonchev–Trinajstić information content (AvgIpc) is 3.01. The first-order chi connectivity index (χ1) is 10.1. The van der Waals surface area contributed by atoms with Crippen LogP contribution in [-0.4, -0.2) is 23.9 Å². The maximum Gasteiger partial charge on any atom is 0.255 e. The summed E-state index contributed by atoms with van der Waals surface area (Å²) in [5.41, 5.74) is 0.382. The van der Waals surface area contributed by atoms with Gasteiger partial charge in [0.1, 0.15) is 5.82 Å². The van der Waals surface area contributed by atoms with Crippen molar-refractivity contribution in [2.75, 3.05) is 13.1 Å². The van der Waals surface area contributed by atoms with E-state index in [-0.39, 0.29) is 10.9 Å². The highest BCUT2D eigenvalue weighted by Crippen LogP contribution is 2.32. The van der Waals surface area contributed by atoms with Gasteiger partial charge in [-0.15, -0.1) is 11.3 Å². The number of carbonyl (C=O) groups excluding carboxylic acids is 1. The minimum atomic E-state index is -0.423. The number of benzene rings is 1. The maximum atomic E-state index is 13.1. The molecule has 1 aromatic carbocycles. The van der Waals surface area contributed by atoms with E-state index >= 15 is 0 Å². The lowest BCUT2D eigenvalue weighted by atomic mass is 9.95. The van der Waals surface area contributed by atoms with Crippen molar-refractivity contribution >= 4 is 28.8 Å². The smallest absolute Gasteiger partial charge is 0.255 e. The van der Waals surface area contributed by atoms with E-state index in [2.05, 4.69) is 17.5 Å². The van der Waals surface area contributed by atoms with E-state index < -0.39 is 5.82 Å². The molecule has 0 unspecified atom stereocenters. The molecule has 0 bridgehead atoms. The van der Waals surface area contributed by atoms with Gasteiger partial charge in [0.25, 0.3) is 5.91 Å². The molecule has 1 saturated heterocycles. The van der Waals surface area contributed by atoms with Gasteiger partial charge in [-0.2, -0.15) is 0 Å². The molecule has 1 fully saturated rings. The zero-order chi connectivity index (χ0) is 14.8. The average molecular weight is 324 g/mol. The number of hydrogen-bond donors (Lipinski definition) is 0. The number of carbonyl (C=O) groups is 1. The first-order valence-electron chi connectivity index (χ1n) is 6.93. The largest absolute Gasteiger partial charge is 0.339 e. The van der Waals surface area contributed by atoms with Crippen molar-refractivity contribution in [3.8, 4) is 0 Å². The number of nitrogens with zero attached hydrogens (tertiary/aromatic N) is 1. The van der Waals surface area contributed by atoms with Crippen LogP contribution in [0.15, 0.2) is 35.7 Å². The van der Waals surface area contributed by atoms with Gasteiger partial charge in [0.05, 0.1) is 10.6 Å². The minimum Gasteiger partial charge on any atom is -0.339 e. The molecule has 2 heterocycles. The van der Waals surface area contributed by atoms with Crippen molar-refractivity contribution in [1.82, 2.24) is 4.90 Å². The summed E-state index contributed by atoms with van der Waals surface area (Å²) in [6.45, 7) is 1.43. The van der Waals surface area contributed by atoms with Gasteiger partial charge in [-0.25, -0.2) is 4.39 Å². The van der Waals surface area contributed by atoms with Crippen molar-refractivity contribution in [3.05, 3.63) is 57.0 Å². The van der Waals surface area contributed by atoms with Crippen LogP contribution >= 0.6 is 22.9 Å². The van der Waals surface area contributed by atoms with E-state index in [1.165, 1.54) is 23.1 Å². The predicted octanol–water partition coefficient (Wildman–Crippen LogP) is 4.56. The Morgan fingerprint density at radius 2 is 2.05 bits per heavy atom. The fraction of sp³-hybridized carbons (Fsp3) is 0.312. The fourth-order valence-corrected chi connectivity index (χ4v) is 3.87. The second-order valence-corrected chi connectivity index (χ2v) is 6.59. The molecule has 0 radical (unpaired) electrons. The van der Waals surface area contributed by atoms with E-state index in [0.29, 0.717) is 11.5 Å². The molecule has 0 atom stereocenters. The summed E-state index contributed by atoms with van der Waals surface area (Å²) in [6, 6.07) is 8.15. The predicted molar refractivity (Wildman–Crippen MR) is 83.6 cm³/mol. The molecule has 21 heavy (non-hydrogen) atoms. The minimum absolute atomic E-state index is 0.107. The van der Waals surface area contributed by atoms with Crippen LogP contribution in [0.2, 0.25) is 5.02 Å². The normalized spacial score (nSPS) is 16.2. The maximum absolute atomic E-state index is 13.1. The van der Waals surface area contributed by atoms with Crippen molar-refractivity contribution < 1.29 is 9.18 Å². The molecule has 5 heteroatoms.